The largest absolute Gasteiger partial charge is 0.334 e. The fraction of sp³-hybridized carbons (Fsp3) is 0.412. The highest BCUT2D eigenvalue weighted by molar-refractivity contribution is 8.14. The first kappa shape index (κ1) is 14.4. The third-order valence-corrected chi connectivity index (χ3v) is 4.75. The van der Waals surface area contributed by atoms with Crippen LogP contribution in [0.3, 0.4) is 0 Å². The Labute approximate surface area is 130 Å². The van der Waals surface area contributed by atoms with Crippen LogP contribution in [0.1, 0.15) is 27.2 Å². The number of thioether (sulfide) groups is 1. The molecular weight excluding hydrogens is 278 g/mol. The molecule has 4 heteroatoms. The summed E-state index contributed by atoms with van der Waals surface area (Å²) >= 11 is 1.81. The highest BCUT2D eigenvalue weighted by atomic mass is 32.2. The van der Waals surface area contributed by atoms with Crippen molar-refractivity contribution in [3.8, 4) is 0 Å². The maximum atomic E-state index is 4.91. The molecule has 1 atom stereocenters. The lowest BCUT2D eigenvalue weighted by Crippen LogP contribution is -2.30. The van der Waals surface area contributed by atoms with Gasteiger partial charge in [0.25, 0.3) is 0 Å². The summed E-state index contributed by atoms with van der Waals surface area (Å²) in [6, 6.07) is 8.68. The molecule has 1 aromatic carbocycles. The van der Waals surface area contributed by atoms with Crippen LogP contribution in [0.5, 0.6) is 0 Å². The number of rotatable bonds is 1. The summed E-state index contributed by atoms with van der Waals surface area (Å²) in [6.45, 7) is 6.79. The van der Waals surface area contributed by atoms with Gasteiger partial charge in [0.05, 0.1) is 6.04 Å². The molecule has 1 N–H and O–H groups in total. The average molecular weight is 299 g/mol. The number of nitrogens with one attached hydrogen (secondary N) is 1. The van der Waals surface area contributed by atoms with E-state index in [1.54, 1.807) is 0 Å². The van der Waals surface area contributed by atoms with Gasteiger partial charge in [-0.05, 0) is 24.0 Å². The summed E-state index contributed by atoms with van der Waals surface area (Å²) in [5.74, 6) is 1.13. The number of fused-ring (bicyclic) bond motifs is 1. The Hall–Kier alpha value is -1.55. The number of aromatic nitrogens is 1. The Morgan fingerprint density at radius 3 is 2.90 bits per heavy atom. The molecule has 1 aliphatic heterocycles. The van der Waals surface area contributed by atoms with Gasteiger partial charge in [-0.1, -0.05) is 44.7 Å². The van der Waals surface area contributed by atoms with E-state index in [-0.39, 0.29) is 5.41 Å². The maximum absolute atomic E-state index is 4.91. The number of anilines is 1. The van der Waals surface area contributed by atoms with Crippen molar-refractivity contribution >= 4 is 33.4 Å². The maximum Gasteiger partial charge on any atom is 0.161 e. The summed E-state index contributed by atoms with van der Waals surface area (Å²) in [5, 5.41) is 6.88. The Morgan fingerprint density at radius 1 is 1.24 bits per heavy atom. The van der Waals surface area contributed by atoms with Gasteiger partial charge in [-0.25, -0.2) is 0 Å². The van der Waals surface area contributed by atoms with Crippen LogP contribution in [-0.2, 0) is 0 Å². The fourth-order valence-electron chi connectivity index (χ4n) is 2.55. The van der Waals surface area contributed by atoms with E-state index in [1.807, 2.05) is 30.2 Å². The second-order valence-corrected chi connectivity index (χ2v) is 7.56. The number of benzene rings is 1. The first-order valence-corrected chi connectivity index (χ1v) is 8.33. The van der Waals surface area contributed by atoms with Crippen molar-refractivity contribution in [1.82, 2.24) is 4.98 Å². The Kier molecular flexibility index (Phi) is 3.89. The van der Waals surface area contributed by atoms with Gasteiger partial charge in [0.1, 0.15) is 0 Å². The summed E-state index contributed by atoms with van der Waals surface area (Å²) in [7, 11) is 0. The van der Waals surface area contributed by atoms with Crippen LogP contribution >= 0.6 is 11.8 Å². The summed E-state index contributed by atoms with van der Waals surface area (Å²) in [6.07, 6.45) is 4.88. The first-order valence-electron chi connectivity index (χ1n) is 7.34. The molecule has 0 saturated carbocycles. The molecule has 2 aromatic rings. The Morgan fingerprint density at radius 2 is 2.10 bits per heavy atom. The van der Waals surface area contributed by atoms with Gasteiger partial charge in [-0.2, -0.15) is 0 Å². The monoisotopic (exact) mass is 299 g/mol. The van der Waals surface area contributed by atoms with E-state index in [4.69, 9.17) is 4.99 Å². The van der Waals surface area contributed by atoms with Crippen LogP contribution in [0.25, 0.3) is 10.8 Å². The molecule has 1 aliphatic rings. The molecule has 21 heavy (non-hydrogen) atoms. The van der Waals surface area contributed by atoms with Gasteiger partial charge in [-0.15, -0.1) is 0 Å². The molecule has 0 aliphatic carbocycles. The molecule has 0 spiro atoms. The smallest absolute Gasteiger partial charge is 0.161 e. The number of aliphatic imine (C=N–C) groups is 1. The van der Waals surface area contributed by atoms with Crippen molar-refractivity contribution in [3.05, 3.63) is 36.7 Å². The average Bonchev–Trinajstić information content (AvgIpc) is 2.47. The summed E-state index contributed by atoms with van der Waals surface area (Å²) in [4.78, 5) is 9.09. The number of nitrogens with zero attached hydrogens (tertiary/aromatic N) is 2. The number of hydrogen-bond acceptors (Lipinski definition) is 4. The van der Waals surface area contributed by atoms with Crippen molar-refractivity contribution in [2.45, 2.75) is 33.2 Å². The predicted molar refractivity (Wildman–Crippen MR) is 93.1 cm³/mol. The highest BCUT2D eigenvalue weighted by Crippen LogP contribution is 2.32. The number of amidine groups is 1. The minimum Gasteiger partial charge on any atom is -0.334 e. The van der Waals surface area contributed by atoms with Gasteiger partial charge in [-0.3, -0.25) is 9.98 Å². The van der Waals surface area contributed by atoms with Crippen molar-refractivity contribution < 1.29 is 0 Å². The topological polar surface area (TPSA) is 37.3 Å². The quantitative estimate of drug-likeness (QED) is 0.839. The van der Waals surface area contributed by atoms with E-state index in [9.17, 15) is 0 Å². The predicted octanol–water partition coefficient (Wildman–Crippen LogP) is 4.55. The lowest BCUT2D eigenvalue weighted by atomic mass is 9.85. The lowest BCUT2D eigenvalue weighted by Gasteiger charge is -2.31. The molecule has 3 rings (SSSR count). The zero-order valence-corrected chi connectivity index (χ0v) is 13.6. The van der Waals surface area contributed by atoms with Gasteiger partial charge in [0.15, 0.2) is 5.17 Å². The normalized spacial score (nSPS) is 19.4. The molecule has 0 fully saturated rings. The van der Waals surface area contributed by atoms with Crippen LogP contribution in [0.15, 0.2) is 41.7 Å². The van der Waals surface area contributed by atoms with E-state index in [2.05, 4.69) is 49.3 Å². The molecule has 0 amide bonds. The zero-order chi connectivity index (χ0) is 14.9. The molecule has 0 bridgehead atoms. The van der Waals surface area contributed by atoms with Crippen LogP contribution in [0.4, 0.5) is 5.69 Å². The molecule has 0 saturated heterocycles. The minimum atomic E-state index is 0.219. The fourth-order valence-corrected chi connectivity index (χ4v) is 3.47. The molecule has 110 valence electrons. The van der Waals surface area contributed by atoms with Crippen molar-refractivity contribution in [1.29, 1.82) is 0 Å². The minimum absolute atomic E-state index is 0.219. The molecular formula is C17H21N3S. The third-order valence-electron chi connectivity index (χ3n) is 3.83. The number of hydrogen-bond donors (Lipinski definition) is 1. The van der Waals surface area contributed by atoms with Crippen molar-refractivity contribution in [3.63, 3.8) is 0 Å². The number of pyridine rings is 1. The second-order valence-electron chi connectivity index (χ2n) is 6.48. The molecule has 0 radical (unpaired) electrons. The van der Waals surface area contributed by atoms with Crippen LogP contribution in [-0.4, -0.2) is 21.9 Å². The van der Waals surface area contributed by atoms with Crippen LogP contribution in [0, 0.1) is 5.41 Å². The standard InChI is InChI=1S/C17H21N3S/c1-17(2,3)15-8-10-21-16(20-15)19-14-6-4-5-12-11-18-9-7-13(12)14/h4-7,9,11,15H,8,10H2,1-3H3,(H,19,20). The zero-order valence-electron chi connectivity index (χ0n) is 12.8. The molecule has 2 heterocycles. The summed E-state index contributed by atoms with van der Waals surface area (Å²) < 4.78 is 0. The molecule has 1 aromatic heterocycles. The third kappa shape index (κ3) is 3.21. The van der Waals surface area contributed by atoms with E-state index in [1.165, 1.54) is 5.39 Å². The Bertz CT molecular complexity index is 668. The van der Waals surface area contributed by atoms with E-state index in [0.717, 1.165) is 28.4 Å². The van der Waals surface area contributed by atoms with Gasteiger partial charge in [0.2, 0.25) is 0 Å². The van der Waals surface area contributed by atoms with Crippen LogP contribution in [0.2, 0.25) is 0 Å². The second kappa shape index (κ2) is 5.68. The SMILES string of the molecule is CC(C)(C)C1CCSC(Nc2cccc3cnccc23)=N1. The first-order chi connectivity index (χ1) is 10.0. The van der Waals surface area contributed by atoms with Crippen molar-refractivity contribution in [2.75, 3.05) is 11.1 Å². The van der Waals surface area contributed by atoms with Gasteiger partial charge >= 0.3 is 0 Å². The van der Waals surface area contributed by atoms with Crippen molar-refractivity contribution in [2.24, 2.45) is 10.4 Å². The Balaban J connectivity index is 1.90. The van der Waals surface area contributed by atoms with Gasteiger partial charge < -0.3 is 5.32 Å². The highest BCUT2D eigenvalue weighted by Gasteiger charge is 2.27. The lowest BCUT2D eigenvalue weighted by molar-refractivity contribution is 0.316. The van der Waals surface area contributed by atoms with E-state index >= 15 is 0 Å². The van der Waals surface area contributed by atoms with Gasteiger partial charge in [0, 0.05) is 34.6 Å². The molecule has 3 nitrogen and oxygen atoms in total. The summed E-state index contributed by atoms with van der Waals surface area (Å²) in [5.41, 5.74) is 1.33. The molecule has 1 unspecified atom stereocenters. The van der Waals surface area contributed by atoms with E-state index < -0.39 is 0 Å². The van der Waals surface area contributed by atoms with Crippen LogP contribution < -0.4 is 5.32 Å². The van der Waals surface area contributed by atoms with E-state index in [0.29, 0.717) is 6.04 Å².